The van der Waals surface area contributed by atoms with Crippen molar-refractivity contribution in [3.05, 3.63) is 54.0 Å². The first kappa shape index (κ1) is 17.2. The van der Waals surface area contributed by atoms with Crippen molar-refractivity contribution in [2.75, 3.05) is 14.1 Å². The van der Waals surface area contributed by atoms with Crippen molar-refractivity contribution in [1.82, 2.24) is 9.62 Å². The number of hydrogen-bond donors (Lipinski definition) is 1. The summed E-state index contributed by atoms with van der Waals surface area (Å²) in [4.78, 5) is 12.0. The molecule has 23 heavy (non-hydrogen) atoms. The maximum atomic E-state index is 12.0. The van der Waals surface area contributed by atoms with Crippen LogP contribution >= 0.6 is 0 Å². The zero-order valence-corrected chi connectivity index (χ0v) is 14.0. The lowest BCUT2D eigenvalue weighted by Gasteiger charge is -2.11. The molecule has 0 aliphatic rings. The molecule has 0 atom stereocenters. The molecule has 1 N–H and O–H groups in total. The molecule has 0 fully saturated rings. The monoisotopic (exact) mass is 336 g/mol. The van der Waals surface area contributed by atoms with E-state index in [9.17, 15) is 13.2 Å². The third-order valence-electron chi connectivity index (χ3n) is 3.38. The minimum atomic E-state index is -3.42. The van der Waals surface area contributed by atoms with Crippen LogP contribution < -0.4 is 5.32 Å². The highest BCUT2D eigenvalue weighted by Gasteiger charge is 2.16. The Kier molecular flexibility index (Phi) is 5.57. The van der Waals surface area contributed by atoms with Gasteiger partial charge in [-0.05, 0) is 36.2 Å². The lowest BCUT2D eigenvalue weighted by Crippen LogP contribution is -2.23. The van der Waals surface area contributed by atoms with Gasteiger partial charge in [0.1, 0.15) is 5.76 Å². The lowest BCUT2D eigenvalue weighted by molar-refractivity contribution is -0.121. The number of aryl methyl sites for hydroxylation is 1. The first-order chi connectivity index (χ1) is 10.9. The molecule has 1 aromatic carbocycles. The minimum absolute atomic E-state index is 0.0774. The maximum Gasteiger partial charge on any atom is 0.242 e. The van der Waals surface area contributed by atoms with Crippen LogP contribution in [0.5, 0.6) is 0 Å². The van der Waals surface area contributed by atoms with Gasteiger partial charge in [0.15, 0.2) is 0 Å². The summed E-state index contributed by atoms with van der Waals surface area (Å²) in [6.45, 7) is 0.367. The Hall–Kier alpha value is -2.12. The van der Waals surface area contributed by atoms with Crippen molar-refractivity contribution >= 4 is 15.9 Å². The highest BCUT2D eigenvalue weighted by molar-refractivity contribution is 7.89. The number of carbonyl (C=O) groups is 1. The van der Waals surface area contributed by atoms with E-state index in [-0.39, 0.29) is 10.8 Å². The van der Waals surface area contributed by atoms with Crippen LogP contribution in [-0.2, 0) is 27.8 Å². The molecule has 2 aromatic rings. The molecule has 1 amide bonds. The van der Waals surface area contributed by atoms with Crippen molar-refractivity contribution in [1.29, 1.82) is 0 Å². The quantitative estimate of drug-likeness (QED) is 0.836. The van der Waals surface area contributed by atoms with Crippen LogP contribution in [0, 0.1) is 0 Å². The van der Waals surface area contributed by atoms with Gasteiger partial charge in [0.25, 0.3) is 0 Å². The van der Waals surface area contributed by atoms with Gasteiger partial charge in [-0.25, -0.2) is 12.7 Å². The van der Waals surface area contributed by atoms with Gasteiger partial charge < -0.3 is 9.73 Å². The van der Waals surface area contributed by atoms with E-state index in [2.05, 4.69) is 5.32 Å². The molecule has 2 rings (SSSR count). The van der Waals surface area contributed by atoms with E-state index < -0.39 is 10.0 Å². The summed E-state index contributed by atoms with van der Waals surface area (Å²) in [6.07, 6.45) is 2.44. The molecule has 0 saturated carbocycles. The van der Waals surface area contributed by atoms with E-state index >= 15 is 0 Å². The van der Waals surface area contributed by atoms with Crippen LogP contribution in [0.3, 0.4) is 0 Å². The predicted molar refractivity (Wildman–Crippen MR) is 86.2 cm³/mol. The van der Waals surface area contributed by atoms with E-state index in [0.717, 1.165) is 5.56 Å². The average Bonchev–Trinajstić information content (AvgIpc) is 3.04. The summed E-state index contributed by atoms with van der Waals surface area (Å²) in [5.74, 6) is 0.628. The third-order valence-corrected chi connectivity index (χ3v) is 5.21. The number of furan rings is 1. The molecule has 7 heteroatoms. The fourth-order valence-electron chi connectivity index (χ4n) is 1.98. The van der Waals surface area contributed by atoms with Gasteiger partial charge in [0.05, 0.1) is 17.7 Å². The van der Waals surface area contributed by atoms with Gasteiger partial charge in [-0.3, -0.25) is 4.79 Å². The number of nitrogens with zero attached hydrogens (tertiary/aromatic N) is 1. The maximum absolute atomic E-state index is 12.0. The first-order valence-electron chi connectivity index (χ1n) is 7.20. The van der Waals surface area contributed by atoms with Gasteiger partial charge in [0.2, 0.25) is 15.9 Å². The number of benzene rings is 1. The standard InChI is InChI=1S/C16H20N2O4S/c1-18(2)23(20,21)15-8-5-13(6-9-15)7-10-16(19)17-12-14-4-3-11-22-14/h3-6,8-9,11H,7,10,12H2,1-2H3,(H,17,19). The van der Waals surface area contributed by atoms with Crippen molar-refractivity contribution in [2.45, 2.75) is 24.3 Å². The second-order valence-electron chi connectivity index (χ2n) is 5.29. The van der Waals surface area contributed by atoms with E-state index in [1.54, 1.807) is 42.7 Å². The van der Waals surface area contributed by atoms with Gasteiger partial charge in [0, 0.05) is 20.5 Å². The van der Waals surface area contributed by atoms with Crippen molar-refractivity contribution in [2.24, 2.45) is 0 Å². The van der Waals surface area contributed by atoms with Crippen LogP contribution in [-0.4, -0.2) is 32.7 Å². The van der Waals surface area contributed by atoms with Gasteiger partial charge in [-0.15, -0.1) is 0 Å². The Morgan fingerprint density at radius 3 is 2.43 bits per heavy atom. The number of nitrogens with one attached hydrogen (secondary N) is 1. The second kappa shape index (κ2) is 7.43. The summed E-state index contributed by atoms with van der Waals surface area (Å²) < 4.78 is 30.2. The predicted octanol–water partition coefficient (Wildman–Crippen LogP) is 1.78. The van der Waals surface area contributed by atoms with Gasteiger partial charge in [-0.1, -0.05) is 12.1 Å². The van der Waals surface area contributed by atoms with E-state index in [0.29, 0.717) is 25.1 Å². The van der Waals surface area contributed by atoms with Gasteiger partial charge >= 0.3 is 0 Å². The zero-order valence-electron chi connectivity index (χ0n) is 13.2. The number of amides is 1. The molecule has 1 heterocycles. The SMILES string of the molecule is CN(C)S(=O)(=O)c1ccc(CCC(=O)NCc2ccco2)cc1. The highest BCUT2D eigenvalue weighted by atomic mass is 32.2. The van der Waals surface area contributed by atoms with Crippen LogP contribution in [0.25, 0.3) is 0 Å². The summed E-state index contributed by atoms with van der Waals surface area (Å²) in [6, 6.07) is 10.2. The second-order valence-corrected chi connectivity index (χ2v) is 7.44. The molecule has 0 radical (unpaired) electrons. The minimum Gasteiger partial charge on any atom is -0.467 e. The van der Waals surface area contributed by atoms with Crippen molar-refractivity contribution in [3.8, 4) is 0 Å². The molecule has 0 bridgehead atoms. The van der Waals surface area contributed by atoms with Gasteiger partial charge in [-0.2, -0.15) is 0 Å². The number of rotatable bonds is 7. The Labute approximate surface area is 136 Å². The molecule has 0 saturated heterocycles. The van der Waals surface area contributed by atoms with Crippen LogP contribution in [0.4, 0.5) is 0 Å². The zero-order chi connectivity index (χ0) is 16.9. The smallest absolute Gasteiger partial charge is 0.242 e. The molecule has 0 aliphatic carbocycles. The van der Waals surface area contributed by atoms with Crippen LogP contribution in [0.2, 0.25) is 0 Å². The van der Waals surface area contributed by atoms with E-state index in [1.807, 2.05) is 0 Å². The fraction of sp³-hybridized carbons (Fsp3) is 0.312. The summed E-state index contributed by atoms with van der Waals surface area (Å²) in [7, 11) is -0.430. The highest BCUT2D eigenvalue weighted by Crippen LogP contribution is 2.14. The third kappa shape index (κ3) is 4.67. The molecule has 0 unspecified atom stereocenters. The largest absolute Gasteiger partial charge is 0.467 e. The van der Waals surface area contributed by atoms with E-state index in [4.69, 9.17) is 4.42 Å². The lowest BCUT2D eigenvalue weighted by atomic mass is 10.1. The molecule has 6 nitrogen and oxygen atoms in total. The molecular formula is C16H20N2O4S. The number of carbonyl (C=O) groups excluding carboxylic acids is 1. The van der Waals surface area contributed by atoms with E-state index in [1.165, 1.54) is 18.4 Å². The van der Waals surface area contributed by atoms with Crippen molar-refractivity contribution in [3.63, 3.8) is 0 Å². The topological polar surface area (TPSA) is 79.6 Å². The number of sulfonamides is 1. The molecule has 124 valence electrons. The Morgan fingerprint density at radius 2 is 1.87 bits per heavy atom. The fourth-order valence-corrected chi connectivity index (χ4v) is 2.89. The average molecular weight is 336 g/mol. The normalized spacial score (nSPS) is 11.6. The Bertz CT molecular complexity index is 735. The Balaban J connectivity index is 1.85. The van der Waals surface area contributed by atoms with Crippen molar-refractivity contribution < 1.29 is 17.6 Å². The molecule has 1 aromatic heterocycles. The van der Waals surface area contributed by atoms with Crippen LogP contribution in [0.15, 0.2) is 52.0 Å². The first-order valence-corrected chi connectivity index (χ1v) is 8.64. The summed E-state index contributed by atoms with van der Waals surface area (Å²) >= 11 is 0. The summed E-state index contributed by atoms with van der Waals surface area (Å²) in [5, 5.41) is 2.77. The summed E-state index contributed by atoms with van der Waals surface area (Å²) in [5.41, 5.74) is 0.913. The molecule has 0 spiro atoms. The molecule has 0 aliphatic heterocycles. The molecular weight excluding hydrogens is 316 g/mol. The Morgan fingerprint density at radius 1 is 1.17 bits per heavy atom. The van der Waals surface area contributed by atoms with Crippen LogP contribution in [0.1, 0.15) is 17.7 Å². The number of hydrogen-bond acceptors (Lipinski definition) is 4.